The number of likely N-dealkylation sites (N-methyl/N-ethyl adjacent to an activating group) is 1. The van der Waals surface area contributed by atoms with Crippen molar-refractivity contribution in [3.8, 4) is 0 Å². The van der Waals surface area contributed by atoms with Crippen LogP contribution in [0, 0.1) is 5.82 Å². The van der Waals surface area contributed by atoms with E-state index in [1.165, 1.54) is 25.4 Å². The second-order valence-electron chi connectivity index (χ2n) is 4.05. The third kappa shape index (κ3) is 2.40. The minimum Gasteiger partial charge on any atom is -0.355 e. The zero-order valence-electron chi connectivity index (χ0n) is 9.87. The molecule has 2 amide bonds. The van der Waals surface area contributed by atoms with Crippen LogP contribution in [0.15, 0.2) is 36.0 Å². The molecule has 0 saturated carbocycles. The number of carbonyl (C=O) groups excluding carboxylic acids is 2. The quantitative estimate of drug-likeness (QED) is 0.822. The van der Waals surface area contributed by atoms with E-state index in [0.29, 0.717) is 5.57 Å². The van der Waals surface area contributed by atoms with Gasteiger partial charge in [-0.1, -0.05) is 12.1 Å². The van der Waals surface area contributed by atoms with Crippen molar-refractivity contribution in [2.75, 3.05) is 7.05 Å². The summed E-state index contributed by atoms with van der Waals surface area (Å²) in [6.45, 7) is 0. The maximum absolute atomic E-state index is 12.9. The van der Waals surface area contributed by atoms with Crippen LogP contribution in [0.2, 0.25) is 0 Å². The van der Waals surface area contributed by atoms with Crippen LogP contribution in [-0.4, -0.2) is 18.9 Å². The number of nitrogens with one attached hydrogen (secondary N) is 2. The lowest BCUT2D eigenvalue weighted by molar-refractivity contribution is -0.121. The van der Waals surface area contributed by atoms with E-state index in [4.69, 9.17) is 0 Å². The van der Waals surface area contributed by atoms with Crippen LogP contribution in [0.3, 0.4) is 0 Å². The van der Waals surface area contributed by atoms with E-state index in [2.05, 4.69) is 10.6 Å². The molecule has 1 aliphatic heterocycles. The number of amides is 2. The fraction of sp³-hybridized carbons (Fsp3) is 0.231. The molecule has 1 atom stereocenters. The number of hydrogen-bond donors (Lipinski definition) is 2. The first-order valence-electron chi connectivity index (χ1n) is 5.59. The van der Waals surface area contributed by atoms with Gasteiger partial charge in [0, 0.05) is 31.2 Å². The van der Waals surface area contributed by atoms with Gasteiger partial charge < -0.3 is 10.6 Å². The van der Waals surface area contributed by atoms with Gasteiger partial charge in [0.25, 0.3) is 0 Å². The molecule has 1 unspecified atom stereocenters. The minimum atomic E-state index is -0.343. The van der Waals surface area contributed by atoms with Crippen LogP contribution >= 0.6 is 0 Å². The molecule has 94 valence electrons. The zero-order chi connectivity index (χ0) is 13.1. The van der Waals surface area contributed by atoms with Crippen molar-refractivity contribution in [2.24, 2.45) is 0 Å². The van der Waals surface area contributed by atoms with Crippen LogP contribution < -0.4 is 10.6 Å². The molecule has 18 heavy (non-hydrogen) atoms. The van der Waals surface area contributed by atoms with E-state index in [-0.39, 0.29) is 30.0 Å². The van der Waals surface area contributed by atoms with E-state index < -0.39 is 0 Å². The van der Waals surface area contributed by atoms with Gasteiger partial charge in [0.05, 0.1) is 0 Å². The molecule has 0 fully saturated rings. The van der Waals surface area contributed by atoms with Gasteiger partial charge in [0.15, 0.2) is 0 Å². The molecule has 1 aromatic carbocycles. The molecule has 4 nitrogen and oxygen atoms in total. The lowest BCUT2D eigenvalue weighted by Gasteiger charge is -2.23. The Hall–Kier alpha value is -2.17. The largest absolute Gasteiger partial charge is 0.355 e. The Kier molecular flexibility index (Phi) is 3.41. The highest BCUT2D eigenvalue weighted by Gasteiger charge is 2.28. The summed E-state index contributed by atoms with van der Waals surface area (Å²) in [4.78, 5) is 23.1. The summed E-state index contributed by atoms with van der Waals surface area (Å²) < 4.78 is 12.9. The van der Waals surface area contributed by atoms with Crippen LogP contribution in [0.1, 0.15) is 17.9 Å². The Balaban J connectivity index is 2.36. The average molecular weight is 248 g/mol. The Morgan fingerprint density at radius 3 is 2.67 bits per heavy atom. The normalized spacial score (nSPS) is 18.9. The molecule has 0 radical (unpaired) electrons. The van der Waals surface area contributed by atoms with Gasteiger partial charge in [0.2, 0.25) is 11.8 Å². The summed E-state index contributed by atoms with van der Waals surface area (Å²) >= 11 is 0. The first-order chi connectivity index (χ1) is 8.61. The molecule has 0 bridgehead atoms. The van der Waals surface area contributed by atoms with Crippen molar-refractivity contribution in [3.63, 3.8) is 0 Å². The highest BCUT2D eigenvalue weighted by atomic mass is 19.1. The number of rotatable bonds is 2. The Labute approximate surface area is 104 Å². The van der Waals surface area contributed by atoms with Gasteiger partial charge in [-0.25, -0.2) is 4.39 Å². The van der Waals surface area contributed by atoms with E-state index in [1.54, 1.807) is 12.1 Å². The summed E-state index contributed by atoms with van der Waals surface area (Å²) in [6.07, 6.45) is 1.60. The lowest BCUT2D eigenvalue weighted by Crippen LogP contribution is -2.33. The van der Waals surface area contributed by atoms with Gasteiger partial charge in [-0.2, -0.15) is 0 Å². The van der Waals surface area contributed by atoms with Crippen LogP contribution in [0.4, 0.5) is 4.39 Å². The molecule has 1 heterocycles. The average Bonchev–Trinajstić information content (AvgIpc) is 2.38. The van der Waals surface area contributed by atoms with Crippen LogP contribution in [0.5, 0.6) is 0 Å². The molecule has 0 spiro atoms. The zero-order valence-corrected chi connectivity index (χ0v) is 9.87. The number of halogens is 1. The van der Waals surface area contributed by atoms with Crippen molar-refractivity contribution in [1.82, 2.24) is 10.6 Å². The summed E-state index contributed by atoms with van der Waals surface area (Å²) in [7, 11) is 1.53. The maximum atomic E-state index is 12.9. The molecular formula is C13H13FN2O2. The monoisotopic (exact) mass is 248 g/mol. The predicted octanol–water partition coefficient (Wildman–Crippen LogP) is 1.06. The van der Waals surface area contributed by atoms with Gasteiger partial charge >= 0.3 is 0 Å². The van der Waals surface area contributed by atoms with E-state index >= 15 is 0 Å². The Morgan fingerprint density at radius 2 is 2.06 bits per heavy atom. The van der Waals surface area contributed by atoms with Gasteiger partial charge in [-0.15, -0.1) is 0 Å². The van der Waals surface area contributed by atoms with Crippen LogP contribution in [-0.2, 0) is 9.59 Å². The maximum Gasteiger partial charge on any atom is 0.249 e. The molecular weight excluding hydrogens is 235 g/mol. The number of hydrogen-bond acceptors (Lipinski definition) is 2. The second kappa shape index (κ2) is 5.00. The lowest BCUT2D eigenvalue weighted by atomic mass is 9.86. The fourth-order valence-corrected chi connectivity index (χ4v) is 1.97. The fourth-order valence-electron chi connectivity index (χ4n) is 1.97. The molecule has 5 heteroatoms. The highest BCUT2D eigenvalue weighted by Crippen LogP contribution is 2.30. The molecule has 2 rings (SSSR count). The second-order valence-corrected chi connectivity index (χ2v) is 4.05. The van der Waals surface area contributed by atoms with E-state index in [9.17, 15) is 14.0 Å². The minimum absolute atomic E-state index is 0.156. The number of carbonyl (C=O) groups is 2. The summed E-state index contributed by atoms with van der Waals surface area (Å²) in [6, 6.07) is 5.83. The van der Waals surface area contributed by atoms with Crippen molar-refractivity contribution in [1.29, 1.82) is 0 Å². The Morgan fingerprint density at radius 1 is 1.39 bits per heavy atom. The SMILES string of the molecule is CNC(=O)C1=CNC(=O)CC1c1ccc(F)cc1. The third-order valence-corrected chi connectivity index (χ3v) is 2.92. The van der Waals surface area contributed by atoms with Crippen molar-refractivity contribution in [3.05, 3.63) is 47.4 Å². The van der Waals surface area contributed by atoms with Crippen molar-refractivity contribution < 1.29 is 14.0 Å². The van der Waals surface area contributed by atoms with Gasteiger partial charge in [-0.05, 0) is 17.7 Å². The van der Waals surface area contributed by atoms with Gasteiger partial charge in [0.1, 0.15) is 5.82 Å². The smallest absolute Gasteiger partial charge is 0.249 e. The first-order valence-corrected chi connectivity index (χ1v) is 5.59. The Bertz CT molecular complexity index is 508. The molecule has 2 N–H and O–H groups in total. The van der Waals surface area contributed by atoms with Gasteiger partial charge in [-0.3, -0.25) is 9.59 Å². The highest BCUT2D eigenvalue weighted by molar-refractivity contribution is 5.97. The molecule has 1 aromatic rings. The molecule has 1 aliphatic rings. The summed E-state index contributed by atoms with van der Waals surface area (Å²) in [5, 5.41) is 5.05. The molecule has 0 saturated heterocycles. The predicted molar refractivity (Wildman–Crippen MR) is 64.1 cm³/mol. The van der Waals surface area contributed by atoms with Crippen molar-refractivity contribution in [2.45, 2.75) is 12.3 Å². The van der Waals surface area contributed by atoms with E-state index in [1.807, 2.05) is 0 Å². The number of benzene rings is 1. The third-order valence-electron chi connectivity index (χ3n) is 2.92. The first kappa shape index (κ1) is 12.3. The molecule has 0 aromatic heterocycles. The van der Waals surface area contributed by atoms with Crippen LogP contribution in [0.25, 0.3) is 0 Å². The molecule has 0 aliphatic carbocycles. The summed E-state index contributed by atoms with van der Waals surface area (Å²) in [5.41, 5.74) is 1.23. The summed E-state index contributed by atoms with van der Waals surface area (Å²) in [5.74, 6) is -1.08. The van der Waals surface area contributed by atoms with E-state index in [0.717, 1.165) is 5.56 Å². The topological polar surface area (TPSA) is 58.2 Å². The van der Waals surface area contributed by atoms with Crippen molar-refractivity contribution >= 4 is 11.8 Å². The standard InChI is InChI=1S/C13H13FN2O2/c1-15-13(18)11-7-16-12(17)6-10(11)8-2-4-9(14)5-3-8/h2-5,7,10H,6H2,1H3,(H,15,18)(H,16,17).